The average Bonchev–Trinajstić information content (AvgIpc) is 3.15. The van der Waals surface area contributed by atoms with Gasteiger partial charge in [-0.2, -0.15) is 0 Å². The van der Waals surface area contributed by atoms with Crippen LogP contribution in [0, 0.1) is 17.0 Å². The molecule has 4 rings (SSSR count). The summed E-state index contributed by atoms with van der Waals surface area (Å²) in [7, 11) is 0. The SMILES string of the molecule is Cc1ccc2oc(-c3ccc(N=CC=Cc4ccc(Br)c([N+](=O)[O-])c4)cc3)nc2c1. The third-order valence-corrected chi connectivity index (χ3v) is 5.09. The van der Waals surface area contributed by atoms with Crippen LogP contribution in [0.25, 0.3) is 28.6 Å². The topological polar surface area (TPSA) is 81.5 Å². The van der Waals surface area contributed by atoms with E-state index in [0.717, 1.165) is 33.5 Å². The van der Waals surface area contributed by atoms with Gasteiger partial charge in [0.2, 0.25) is 5.89 Å². The lowest BCUT2D eigenvalue weighted by atomic mass is 10.2. The zero-order valence-corrected chi connectivity index (χ0v) is 17.5. The maximum atomic E-state index is 11.0. The largest absolute Gasteiger partial charge is 0.436 e. The van der Waals surface area contributed by atoms with Crippen LogP contribution in [0.3, 0.4) is 0 Å². The highest BCUT2D eigenvalue weighted by atomic mass is 79.9. The van der Waals surface area contributed by atoms with E-state index in [1.165, 1.54) is 6.07 Å². The van der Waals surface area contributed by atoms with E-state index in [1.807, 2.05) is 49.4 Å². The normalized spacial score (nSPS) is 11.7. The molecule has 1 aromatic heterocycles. The maximum Gasteiger partial charge on any atom is 0.284 e. The Balaban J connectivity index is 1.46. The van der Waals surface area contributed by atoms with Crippen LogP contribution >= 0.6 is 15.9 Å². The van der Waals surface area contributed by atoms with Crippen LogP contribution in [0.5, 0.6) is 0 Å². The van der Waals surface area contributed by atoms with Crippen LogP contribution in [-0.4, -0.2) is 16.1 Å². The molecule has 0 spiro atoms. The Morgan fingerprint density at radius 3 is 2.67 bits per heavy atom. The molecule has 0 radical (unpaired) electrons. The molecule has 4 aromatic rings. The van der Waals surface area contributed by atoms with Gasteiger partial charge in [0, 0.05) is 17.8 Å². The Labute approximate surface area is 180 Å². The summed E-state index contributed by atoms with van der Waals surface area (Å²) in [5.74, 6) is 0.572. The van der Waals surface area contributed by atoms with Gasteiger partial charge >= 0.3 is 0 Å². The molecule has 0 fully saturated rings. The third kappa shape index (κ3) is 4.36. The Kier molecular flexibility index (Phi) is 5.54. The lowest BCUT2D eigenvalue weighted by molar-refractivity contribution is -0.385. The number of halogens is 1. The Hall–Kier alpha value is -3.58. The second-order valence-electron chi connectivity index (χ2n) is 6.64. The van der Waals surface area contributed by atoms with E-state index < -0.39 is 4.92 Å². The average molecular weight is 462 g/mol. The van der Waals surface area contributed by atoms with Crippen molar-refractivity contribution < 1.29 is 9.34 Å². The molecule has 6 nitrogen and oxygen atoms in total. The molecule has 0 unspecified atom stereocenters. The van der Waals surface area contributed by atoms with Crippen LogP contribution in [0.1, 0.15) is 11.1 Å². The monoisotopic (exact) mass is 461 g/mol. The first-order chi connectivity index (χ1) is 14.5. The molecular weight excluding hydrogens is 446 g/mol. The predicted molar refractivity (Wildman–Crippen MR) is 122 cm³/mol. The zero-order chi connectivity index (χ0) is 21.1. The number of nitro groups is 1. The summed E-state index contributed by atoms with van der Waals surface area (Å²) >= 11 is 3.18. The van der Waals surface area contributed by atoms with E-state index in [-0.39, 0.29) is 5.69 Å². The molecule has 0 amide bonds. The van der Waals surface area contributed by atoms with Gasteiger partial charge in [0.15, 0.2) is 5.58 Å². The van der Waals surface area contributed by atoms with E-state index >= 15 is 0 Å². The number of benzene rings is 3. The maximum absolute atomic E-state index is 11.0. The number of nitrogens with zero attached hydrogens (tertiary/aromatic N) is 3. The molecule has 7 heteroatoms. The summed E-state index contributed by atoms with van der Waals surface area (Å²) in [6.07, 6.45) is 5.15. The summed E-state index contributed by atoms with van der Waals surface area (Å²) in [5, 5.41) is 11.0. The van der Waals surface area contributed by atoms with Gasteiger partial charge in [-0.1, -0.05) is 18.2 Å². The number of hydrogen-bond acceptors (Lipinski definition) is 5. The predicted octanol–water partition coefficient (Wildman–Crippen LogP) is 6.89. The van der Waals surface area contributed by atoms with Crippen LogP contribution in [0.15, 0.2) is 80.6 Å². The van der Waals surface area contributed by atoms with Gasteiger partial charge in [0.05, 0.1) is 15.1 Å². The quantitative estimate of drug-likeness (QED) is 0.184. The number of aliphatic imine (C=N–C) groups is 1. The number of fused-ring (bicyclic) bond motifs is 1. The fourth-order valence-electron chi connectivity index (χ4n) is 2.91. The first-order valence-electron chi connectivity index (χ1n) is 9.12. The van der Waals surface area contributed by atoms with Crippen molar-refractivity contribution in [3.8, 4) is 11.5 Å². The van der Waals surface area contributed by atoms with Crippen LogP contribution in [0.4, 0.5) is 11.4 Å². The number of nitro benzene ring substituents is 1. The second kappa shape index (κ2) is 8.42. The molecule has 0 aliphatic carbocycles. The summed E-state index contributed by atoms with van der Waals surface area (Å²) in [6, 6.07) is 18.4. The fourth-order valence-corrected chi connectivity index (χ4v) is 3.30. The van der Waals surface area contributed by atoms with E-state index in [4.69, 9.17) is 4.42 Å². The Morgan fingerprint density at radius 1 is 1.10 bits per heavy atom. The van der Waals surface area contributed by atoms with Crippen LogP contribution in [0.2, 0.25) is 0 Å². The number of aryl methyl sites for hydroxylation is 1. The zero-order valence-electron chi connectivity index (χ0n) is 15.9. The first kappa shape index (κ1) is 19.7. The molecule has 3 aromatic carbocycles. The lowest BCUT2D eigenvalue weighted by Crippen LogP contribution is -1.89. The van der Waals surface area contributed by atoms with Gasteiger partial charge in [0.25, 0.3) is 5.69 Å². The van der Waals surface area contributed by atoms with Crippen molar-refractivity contribution in [2.75, 3.05) is 0 Å². The molecule has 0 N–H and O–H groups in total. The highest BCUT2D eigenvalue weighted by molar-refractivity contribution is 9.10. The van der Waals surface area contributed by atoms with Gasteiger partial charge in [-0.15, -0.1) is 0 Å². The van der Waals surface area contributed by atoms with Crippen molar-refractivity contribution in [2.24, 2.45) is 4.99 Å². The molecule has 148 valence electrons. The van der Waals surface area contributed by atoms with Gasteiger partial charge in [-0.3, -0.25) is 15.1 Å². The summed E-state index contributed by atoms with van der Waals surface area (Å²) < 4.78 is 6.27. The second-order valence-corrected chi connectivity index (χ2v) is 7.50. The van der Waals surface area contributed by atoms with Gasteiger partial charge < -0.3 is 4.42 Å². The first-order valence-corrected chi connectivity index (χ1v) is 9.91. The van der Waals surface area contributed by atoms with E-state index in [2.05, 4.69) is 25.9 Å². The summed E-state index contributed by atoms with van der Waals surface area (Å²) in [4.78, 5) is 19.5. The highest BCUT2D eigenvalue weighted by Crippen LogP contribution is 2.27. The number of rotatable bonds is 5. The van der Waals surface area contributed by atoms with Crippen LogP contribution in [-0.2, 0) is 0 Å². The van der Waals surface area contributed by atoms with Crippen LogP contribution < -0.4 is 0 Å². The minimum atomic E-state index is -0.422. The summed E-state index contributed by atoms with van der Waals surface area (Å²) in [6.45, 7) is 2.02. The molecule has 1 heterocycles. The molecule has 0 atom stereocenters. The van der Waals surface area contributed by atoms with E-state index in [9.17, 15) is 10.1 Å². The van der Waals surface area contributed by atoms with E-state index in [1.54, 1.807) is 30.5 Å². The van der Waals surface area contributed by atoms with Crippen molar-refractivity contribution in [1.82, 2.24) is 4.98 Å². The molecule has 0 aliphatic rings. The minimum Gasteiger partial charge on any atom is -0.436 e. The molecule has 0 bridgehead atoms. The van der Waals surface area contributed by atoms with Gasteiger partial charge in [-0.25, -0.2) is 4.98 Å². The highest BCUT2D eigenvalue weighted by Gasteiger charge is 2.11. The van der Waals surface area contributed by atoms with Crippen molar-refractivity contribution in [1.29, 1.82) is 0 Å². The fraction of sp³-hybridized carbons (Fsp3) is 0.0435. The van der Waals surface area contributed by atoms with E-state index in [0.29, 0.717) is 10.4 Å². The van der Waals surface area contributed by atoms with Crippen molar-refractivity contribution in [2.45, 2.75) is 6.92 Å². The number of hydrogen-bond donors (Lipinski definition) is 0. The third-order valence-electron chi connectivity index (χ3n) is 4.42. The van der Waals surface area contributed by atoms with Crippen molar-refractivity contribution in [3.63, 3.8) is 0 Å². The Bertz CT molecular complexity index is 1290. The Morgan fingerprint density at radius 2 is 1.90 bits per heavy atom. The number of allylic oxidation sites excluding steroid dienone is 1. The minimum absolute atomic E-state index is 0.0269. The number of aromatic nitrogens is 1. The van der Waals surface area contributed by atoms with Gasteiger partial charge in [0.1, 0.15) is 5.52 Å². The molecule has 0 saturated carbocycles. The number of oxazole rings is 1. The van der Waals surface area contributed by atoms with Crippen molar-refractivity contribution in [3.05, 3.63) is 92.5 Å². The smallest absolute Gasteiger partial charge is 0.284 e. The van der Waals surface area contributed by atoms with Gasteiger partial charge in [-0.05, 0) is 82.5 Å². The standard InChI is InChI=1S/C23H16BrN3O3/c1-15-4-11-22-20(13-15)26-23(30-22)17-6-8-18(9-7-17)25-12-2-3-16-5-10-19(24)21(14-16)27(28)29/h2-14H,1H3. The molecule has 0 saturated heterocycles. The lowest BCUT2D eigenvalue weighted by Gasteiger charge is -1.97. The molecule has 30 heavy (non-hydrogen) atoms. The molecular formula is C23H16BrN3O3. The van der Waals surface area contributed by atoms with Crippen molar-refractivity contribution >= 4 is 50.7 Å². The molecule has 0 aliphatic heterocycles. The summed E-state index contributed by atoms with van der Waals surface area (Å²) in [5.41, 5.74) is 5.13.